The Morgan fingerprint density at radius 2 is 2.05 bits per heavy atom. The number of hydrogen-bond acceptors (Lipinski definition) is 4. The Morgan fingerprint density at radius 1 is 1.36 bits per heavy atom. The number of hydrogen-bond donors (Lipinski definition) is 3. The number of nitrogens with one attached hydrogen (secondary N) is 2. The first-order chi connectivity index (χ1) is 9.88. The molecule has 1 amide bonds. The van der Waals surface area contributed by atoms with Crippen molar-refractivity contribution in [2.24, 2.45) is 11.7 Å². The van der Waals surface area contributed by atoms with Crippen LogP contribution in [0.25, 0.3) is 0 Å². The fourth-order valence-electron chi connectivity index (χ4n) is 1.68. The van der Waals surface area contributed by atoms with Crippen LogP contribution < -0.4 is 15.8 Å². The molecular weight excluding hydrogens is 326 g/mol. The lowest BCUT2D eigenvalue weighted by atomic mass is 10.1. The predicted molar refractivity (Wildman–Crippen MR) is 91.9 cm³/mol. The molecule has 1 aromatic carbocycles. The third-order valence-electron chi connectivity index (χ3n) is 2.88. The highest BCUT2D eigenvalue weighted by Crippen LogP contribution is 2.13. The van der Waals surface area contributed by atoms with E-state index in [-0.39, 0.29) is 30.0 Å². The Kier molecular flexibility index (Phi) is 9.08. The van der Waals surface area contributed by atoms with Crippen molar-refractivity contribution in [3.8, 4) is 0 Å². The van der Waals surface area contributed by atoms with E-state index in [1.54, 1.807) is 25.1 Å². The Labute approximate surface area is 138 Å². The van der Waals surface area contributed by atoms with Gasteiger partial charge in [0.05, 0.1) is 5.75 Å². The summed E-state index contributed by atoms with van der Waals surface area (Å²) in [5.41, 5.74) is 6.30. The van der Waals surface area contributed by atoms with E-state index in [2.05, 4.69) is 10.0 Å². The van der Waals surface area contributed by atoms with Crippen LogP contribution in [0.1, 0.15) is 30.6 Å². The summed E-state index contributed by atoms with van der Waals surface area (Å²) in [4.78, 5) is 12.0. The fourth-order valence-corrected chi connectivity index (χ4v) is 2.80. The molecule has 1 unspecified atom stereocenters. The van der Waals surface area contributed by atoms with Crippen molar-refractivity contribution >= 4 is 34.0 Å². The van der Waals surface area contributed by atoms with E-state index in [1.165, 1.54) is 6.07 Å². The summed E-state index contributed by atoms with van der Waals surface area (Å²) in [6, 6.07) is 6.42. The highest BCUT2D eigenvalue weighted by Gasteiger charge is 2.11. The fraction of sp³-hybridized carbons (Fsp3) is 0.500. The topological polar surface area (TPSA) is 101 Å². The maximum absolute atomic E-state index is 12.0. The number of halogens is 1. The van der Waals surface area contributed by atoms with Gasteiger partial charge in [0.15, 0.2) is 0 Å². The standard InChI is InChI=1S/C14H23N3O3S.ClH/c1-3-7-21(19,20)17-13-6-4-5-12(8-13)14(18)16-10-11(2)9-15;/h4-6,8,11,17H,3,7,9-10,15H2,1-2H3,(H,16,18);1H. The molecule has 0 aromatic heterocycles. The van der Waals surface area contributed by atoms with Crippen LogP contribution in [0.4, 0.5) is 5.69 Å². The maximum Gasteiger partial charge on any atom is 0.251 e. The monoisotopic (exact) mass is 349 g/mol. The highest BCUT2D eigenvalue weighted by atomic mass is 35.5. The normalized spacial score (nSPS) is 12.1. The Hall–Kier alpha value is -1.31. The first-order valence-electron chi connectivity index (χ1n) is 6.96. The van der Waals surface area contributed by atoms with E-state index in [0.717, 1.165) is 0 Å². The van der Waals surface area contributed by atoms with Crippen molar-refractivity contribution in [1.82, 2.24) is 5.32 Å². The number of sulfonamides is 1. The van der Waals surface area contributed by atoms with Gasteiger partial charge in [-0.05, 0) is 37.1 Å². The second-order valence-electron chi connectivity index (χ2n) is 5.05. The third-order valence-corrected chi connectivity index (χ3v) is 4.38. The summed E-state index contributed by atoms with van der Waals surface area (Å²) in [5, 5.41) is 2.77. The number of carbonyl (C=O) groups is 1. The zero-order valence-electron chi connectivity index (χ0n) is 12.8. The quantitative estimate of drug-likeness (QED) is 0.663. The Bertz CT molecular complexity index is 578. The summed E-state index contributed by atoms with van der Waals surface area (Å²) in [5.74, 6) is 0.00397. The molecule has 0 aliphatic heterocycles. The van der Waals surface area contributed by atoms with Crippen LogP contribution in [0.2, 0.25) is 0 Å². The van der Waals surface area contributed by atoms with Crippen molar-refractivity contribution in [3.63, 3.8) is 0 Å². The van der Waals surface area contributed by atoms with E-state index in [1.807, 2.05) is 6.92 Å². The molecule has 0 aliphatic rings. The Morgan fingerprint density at radius 3 is 2.64 bits per heavy atom. The van der Waals surface area contributed by atoms with Gasteiger partial charge in [-0.1, -0.05) is 19.9 Å². The van der Waals surface area contributed by atoms with Gasteiger partial charge in [-0.25, -0.2) is 8.42 Å². The zero-order chi connectivity index (χ0) is 15.9. The molecule has 1 rings (SSSR count). The zero-order valence-corrected chi connectivity index (χ0v) is 14.5. The van der Waals surface area contributed by atoms with Crippen molar-refractivity contribution < 1.29 is 13.2 Å². The van der Waals surface area contributed by atoms with E-state index in [0.29, 0.717) is 30.8 Å². The second-order valence-corrected chi connectivity index (χ2v) is 6.89. The smallest absolute Gasteiger partial charge is 0.251 e. The first-order valence-corrected chi connectivity index (χ1v) is 8.62. The van der Waals surface area contributed by atoms with Gasteiger partial charge in [0.1, 0.15) is 0 Å². The molecule has 126 valence electrons. The van der Waals surface area contributed by atoms with Crippen molar-refractivity contribution in [2.75, 3.05) is 23.6 Å². The van der Waals surface area contributed by atoms with Crippen LogP contribution in [-0.2, 0) is 10.0 Å². The molecule has 22 heavy (non-hydrogen) atoms. The molecule has 0 bridgehead atoms. The molecule has 0 spiro atoms. The van der Waals surface area contributed by atoms with E-state index in [4.69, 9.17) is 5.73 Å². The van der Waals surface area contributed by atoms with Crippen LogP contribution in [0.5, 0.6) is 0 Å². The van der Waals surface area contributed by atoms with Gasteiger partial charge in [-0.2, -0.15) is 0 Å². The SMILES string of the molecule is CCCS(=O)(=O)Nc1cccc(C(=O)NCC(C)CN)c1.Cl. The minimum absolute atomic E-state index is 0. The molecule has 0 saturated heterocycles. The Balaban J connectivity index is 0.00000441. The third kappa shape index (κ3) is 7.11. The first kappa shape index (κ1) is 20.7. The molecule has 8 heteroatoms. The van der Waals surface area contributed by atoms with Gasteiger partial charge in [-0.15, -0.1) is 12.4 Å². The van der Waals surface area contributed by atoms with Crippen molar-refractivity contribution in [3.05, 3.63) is 29.8 Å². The lowest BCUT2D eigenvalue weighted by Gasteiger charge is -2.11. The number of rotatable bonds is 8. The number of nitrogens with two attached hydrogens (primary N) is 1. The van der Waals surface area contributed by atoms with Crippen LogP contribution >= 0.6 is 12.4 Å². The van der Waals surface area contributed by atoms with Gasteiger partial charge in [0.2, 0.25) is 10.0 Å². The number of anilines is 1. The molecule has 0 saturated carbocycles. The molecule has 0 heterocycles. The van der Waals surface area contributed by atoms with E-state index >= 15 is 0 Å². The molecule has 4 N–H and O–H groups in total. The second kappa shape index (κ2) is 9.66. The highest BCUT2D eigenvalue weighted by molar-refractivity contribution is 7.92. The lowest BCUT2D eigenvalue weighted by molar-refractivity contribution is 0.0948. The van der Waals surface area contributed by atoms with Gasteiger partial charge < -0.3 is 11.1 Å². The van der Waals surface area contributed by atoms with Crippen LogP contribution in [0.15, 0.2) is 24.3 Å². The summed E-state index contributed by atoms with van der Waals surface area (Å²) in [6.45, 7) is 4.72. The van der Waals surface area contributed by atoms with Gasteiger partial charge >= 0.3 is 0 Å². The van der Waals surface area contributed by atoms with Crippen LogP contribution in [0.3, 0.4) is 0 Å². The van der Waals surface area contributed by atoms with Crippen LogP contribution in [-0.4, -0.2) is 33.2 Å². The average Bonchev–Trinajstić information content (AvgIpc) is 2.43. The average molecular weight is 350 g/mol. The largest absolute Gasteiger partial charge is 0.352 e. The molecule has 1 aromatic rings. The minimum atomic E-state index is -3.36. The van der Waals surface area contributed by atoms with Gasteiger partial charge in [-0.3, -0.25) is 9.52 Å². The molecule has 6 nitrogen and oxygen atoms in total. The van der Waals surface area contributed by atoms with Gasteiger partial charge in [0, 0.05) is 17.8 Å². The van der Waals surface area contributed by atoms with E-state index < -0.39 is 10.0 Å². The summed E-state index contributed by atoms with van der Waals surface area (Å²) < 4.78 is 25.9. The number of benzene rings is 1. The molecule has 1 atom stereocenters. The minimum Gasteiger partial charge on any atom is -0.352 e. The lowest BCUT2D eigenvalue weighted by Crippen LogP contribution is -2.31. The number of amides is 1. The maximum atomic E-state index is 12.0. The number of carbonyl (C=O) groups excluding carboxylic acids is 1. The van der Waals surface area contributed by atoms with Crippen molar-refractivity contribution in [1.29, 1.82) is 0 Å². The predicted octanol–water partition coefficient (Wildman–Crippen LogP) is 1.58. The van der Waals surface area contributed by atoms with E-state index in [9.17, 15) is 13.2 Å². The molecule has 0 radical (unpaired) electrons. The van der Waals surface area contributed by atoms with Gasteiger partial charge in [0.25, 0.3) is 5.91 Å². The van der Waals surface area contributed by atoms with Crippen molar-refractivity contribution in [2.45, 2.75) is 20.3 Å². The summed E-state index contributed by atoms with van der Waals surface area (Å²) in [7, 11) is -3.36. The molecule has 0 aliphatic carbocycles. The molecule has 0 fully saturated rings. The summed E-state index contributed by atoms with van der Waals surface area (Å²) >= 11 is 0. The van der Waals surface area contributed by atoms with Crippen LogP contribution in [0, 0.1) is 5.92 Å². The summed E-state index contributed by atoms with van der Waals surface area (Å²) in [6.07, 6.45) is 0.534. The molecular formula is C14H24ClN3O3S.